The molecule has 0 N–H and O–H groups in total. The van der Waals surface area contributed by atoms with Crippen LogP contribution >= 0.6 is 11.3 Å². The number of amides is 2. The van der Waals surface area contributed by atoms with Crippen molar-refractivity contribution in [2.24, 2.45) is 0 Å². The highest BCUT2D eigenvalue weighted by atomic mass is 32.1. The van der Waals surface area contributed by atoms with Gasteiger partial charge in [-0.15, -0.1) is 11.3 Å². The number of carbonyl (C=O) groups is 3. The summed E-state index contributed by atoms with van der Waals surface area (Å²) in [6.07, 6.45) is -3.11. The molecule has 3 aromatic carbocycles. The van der Waals surface area contributed by atoms with Gasteiger partial charge in [-0.2, -0.15) is 13.2 Å². The molecule has 10 heteroatoms. The Bertz CT molecular complexity index is 1630. The minimum atomic E-state index is -4.43. The average molecular weight is 620 g/mol. The van der Waals surface area contributed by atoms with Crippen molar-refractivity contribution in [1.29, 1.82) is 0 Å². The molecule has 1 fully saturated rings. The molecule has 5 rings (SSSR count). The summed E-state index contributed by atoms with van der Waals surface area (Å²) in [6.45, 7) is 4.89. The van der Waals surface area contributed by atoms with Gasteiger partial charge in [-0.1, -0.05) is 60.7 Å². The summed E-state index contributed by atoms with van der Waals surface area (Å²) in [5, 5.41) is 2.56. The van der Waals surface area contributed by atoms with Crippen LogP contribution in [0.25, 0.3) is 11.1 Å². The van der Waals surface area contributed by atoms with E-state index in [1.807, 2.05) is 13.0 Å². The lowest BCUT2D eigenvalue weighted by atomic mass is 9.94. The number of ketones is 1. The van der Waals surface area contributed by atoms with Gasteiger partial charge in [0.15, 0.2) is 5.78 Å². The van der Waals surface area contributed by atoms with Crippen LogP contribution in [0, 0.1) is 0 Å². The zero-order valence-electron chi connectivity index (χ0n) is 24.4. The molecule has 1 unspecified atom stereocenters. The minimum Gasteiger partial charge on any atom is -0.339 e. The number of aromatic nitrogens is 1. The van der Waals surface area contributed by atoms with Gasteiger partial charge in [-0.25, -0.2) is 4.98 Å². The lowest BCUT2D eigenvalue weighted by Crippen LogP contribution is -2.43. The van der Waals surface area contributed by atoms with Gasteiger partial charge in [0.1, 0.15) is 5.69 Å². The van der Waals surface area contributed by atoms with Crippen LogP contribution in [0.5, 0.6) is 0 Å². The predicted molar refractivity (Wildman–Crippen MR) is 164 cm³/mol. The number of carbonyl (C=O) groups excluding carboxylic acids is 3. The zero-order valence-corrected chi connectivity index (χ0v) is 25.2. The van der Waals surface area contributed by atoms with Crippen molar-refractivity contribution < 1.29 is 27.6 Å². The van der Waals surface area contributed by atoms with Gasteiger partial charge in [0.25, 0.3) is 11.8 Å². The van der Waals surface area contributed by atoms with E-state index in [-0.39, 0.29) is 23.5 Å². The number of hydrogen-bond donors (Lipinski definition) is 0. The molecule has 4 aromatic rings. The molecule has 1 aliphatic heterocycles. The Balaban J connectivity index is 1.23. The molecule has 44 heavy (non-hydrogen) atoms. The predicted octanol–water partition coefficient (Wildman–Crippen LogP) is 7.58. The second-order valence-corrected chi connectivity index (χ2v) is 11.6. The first-order valence-corrected chi connectivity index (χ1v) is 15.4. The number of thiazole rings is 1. The van der Waals surface area contributed by atoms with Crippen LogP contribution in [0.4, 0.5) is 13.2 Å². The summed E-state index contributed by atoms with van der Waals surface area (Å²) < 4.78 is 39.1. The van der Waals surface area contributed by atoms with E-state index in [4.69, 9.17) is 0 Å². The molecule has 1 saturated heterocycles. The Morgan fingerprint density at radius 2 is 1.59 bits per heavy atom. The molecule has 0 saturated carbocycles. The molecule has 0 spiro atoms. The number of halogens is 3. The summed E-state index contributed by atoms with van der Waals surface area (Å²) in [7, 11) is 0. The van der Waals surface area contributed by atoms with E-state index in [1.165, 1.54) is 28.4 Å². The van der Waals surface area contributed by atoms with Gasteiger partial charge < -0.3 is 9.80 Å². The Kier molecular flexibility index (Phi) is 9.29. The van der Waals surface area contributed by atoms with Gasteiger partial charge in [0.2, 0.25) is 0 Å². The molecule has 1 aromatic heterocycles. The van der Waals surface area contributed by atoms with Crippen molar-refractivity contribution in [3.8, 4) is 11.1 Å². The normalized spacial score (nSPS) is 14.7. The van der Waals surface area contributed by atoms with E-state index in [2.05, 4.69) is 4.98 Å². The van der Waals surface area contributed by atoms with Crippen LogP contribution in [0.1, 0.15) is 74.4 Å². The molecular formula is C34H32F3N3O3S. The molecule has 2 heterocycles. The fraction of sp³-hybridized carbons (Fsp3) is 0.294. The van der Waals surface area contributed by atoms with Crippen molar-refractivity contribution in [2.75, 3.05) is 19.6 Å². The number of benzene rings is 3. The molecule has 2 amide bonds. The number of alkyl halides is 3. The second kappa shape index (κ2) is 13.1. The van der Waals surface area contributed by atoms with Crippen molar-refractivity contribution in [2.45, 2.75) is 44.8 Å². The zero-order chi connectivity index (χ0) is 31.4. The van der Waals surface area contributed by atoms with Gasteiger partial charge in [0, 0.05) is 42.1 Å². The number of rotatable bonds is 8. The highest BCUT2D eigenvalue weighted by Gasteiger charge is 2.32. The third-order valence-electron chi connectivity index (χ3n) is 8.06. The molecule has 6 nitrogen and oxygen atoms in total. The molecule has 228 valence electrons. The fourth-order valence-electron chi connectivity index (χ4n) is 5.56. The maximum Gasteiger partial charge on any atom is 0.416 e. The van der Waals surface area contributed by atoms with E-state index in [9.17, 15) is 27.6 Å². The third-order valence-corrected chi connectivity index (χ3v) is 9.07. The summed E-state index contributed by atoms with van der Waals surface area (Å²) in [5.74, 6) is -0.522. The quantitative estimate of drug-likeness (QED) is 0.191. The lowest BCUT2D eigenvalue weighted by molar-refractivity contribution is -0.137. The number of hydrogen-bond acceptors (Lipinski definition) is 5. The van der Waals surface area contributed by atoms with E-state index < -0.39 is 17.8 Å². The first-order chi connectivity index (χ1) is 21.1. The Hall–Kier alpha value is -4.31. The van der Waals surface area contributed by atoms with Crippen molar-refractivity contribution >= 4 is 28.9 Å². The second-order valence-electron chi connectivity index (χ2n) is 10.8. The van der Waals surface area contributed by atoms with Crippen LogP contribution in [-0.2, 0) is 6.18 Å². The van der Waals surface area contributed by atoms with Gasteiger partial charge in [0.05, 0.1) is 16.6 Å². The average Bonchev–Trinajstić information content (AvgIpc) is 3.55. The molecular weight excluding hydrogens is 587 g/mol. The number of likely N-dealkylation sites (tertiary alicyclic amines) is 1. The summed E-state index contributed by atoms with van der Waals surface area (Å²) in [6, 6.07) is 20.0. The Labute approximate surface area is 258 Å². The summed E-state index contributed by atoms with van der Waals surface area (Å²) in [5.41, 5.74) is 1.68. The van der Waals surface area contributed by atoms with Crippen LogP contribution < -0.4 is 0 Å². The molecule has 1 aliphatic rings. The number of nitrogens with zero attached hydrogens (tertiary/aromatic N) is 3. The van der Waals surface area contributed by atoms with Crippen molar-refractivity contribution in [3.63, 3.8) is 0 Å². The minimum absolute atomic E-state index is 0.0780. The number of piperidine rings is 1. The largest absolute Gasteiger partial charge is 0.416 e. The van der Waals surface area contributed by atoms with Crippen LogP contribution in [0.15, 0.2) is 84.2 Å². The van der Waals surface area contributed by atoms with Crippen LogP contribution in [-0.4, -0.2) is 58.1 Å². The van der Waals surface area contributed by atoms with Gasteiger partial charge >= 0.3 is 6.18 Å². The van der Waals surface area contributed by atoms with Crippen LogP contribution in [0.2, 0.25) is 0 Å². The molecule has 0 radical (unpaired) electrons. The monoisotopic (exact) mass is 619 g/mol. The van der Waals surface area contributed by atoms with E-state index >= 15 is 0 Å². The lowest BCUT2D eigenvalue weighted by Gasteiger charge is -2.31. The van der Waals surface area contributed by atoms with Crippen molar-refractivity contribution in [3.05, 3.63) is 112 Å². The topological polar surface area (TPSA) is 70.6 Å². The number of likely N-dealkylation sites (N-methyl/N-ethyl adjacent to an activating group) is 1. The van der Waals surface area contributed by atoms with Gasteiger partial charge in [-0.3, -0.25) is 14.4 Å². The Morgan fingerprint density at radius 3 is 2.23 bits per heavy atom. The maximum atomic E-state index is 13.5. The standard InChI is InChI=1S/C34H32F3N3O3S/c1-3-40(22(2)30(41)24-9-5-4-6-10-24)33(43)29-21-44-31(38-29)25-17-19-39(20-18-25)32(42)28-12-8-7-11-27(28)23-13-15-26(16-14-23)34(35,36)37/h4-16,21-22,25H,3,17-20H2,1-2H3. The molecule has 0 aliphatic carbocycles. The van der Waals surface area contributed by atoms with Crippen LogP contribution in [0.3, 0.4) is 0 Å². The summed E-state index contributed by atoms with van der Waals surface area (Å²) in [4.78, 5) is 47.8. The highest BCUT2D eigenvalue weighted by molar-refractivity contribution is 7.09. The highest BCUT2D eigenvalue weighted by Crippen LogP contribution is 2.34. The third kappa shape index (κ3) is 6.60. The fourth-order valence-corrected chi connectivity index (χ4v) is 6.52. The van der Waals surface area contributed by atoms with E-state index in [1.54, 1.807) is 65.7 Å². The first kappa shape index (κ1) is 31.1. The van der Waals surface area contributed by atoms with Crippen molar-refractivity contribution in [1.82, 2.24) is 14.8 Å². The molecule has 1 atom stereocenters. The SMILES string of the molecule is CCN(C(=O)c1csc(C2CCN(C(=O)c3ccccc3-c3ccc(C(F)(F)F)cc3)CC2)n1)C(C)C(=O)c1ccccc1. The summed E-state index contributed by atoms with van der Waals surface area (Å²) >= 11 is 1.41. The Morgan fingerprint density at radius 1 is 0.955 bits per heavy atom. The maximum absolute atomic E-state index is 13.5. The first-order valence-electron chi connectivity index (χ1n) is 14.5. The number of Topliss-reactive ketones (excluding diaryl/α,β-unsaturated/α-hetero) is 1. The smallest absolute Gasteiger partial charge is 0.339 e. The van der Waals surface area contributed by atoms with E-state index in [0.717, 1.165) is 17.1 Å². The van der Waals surface area contributed by atoms with Gasteiger partial charge in [-0.05, 0) is 56.0 Å². The van der Waals surface area contributed by atoms with E-state index in [0.29, 0.717) is 60.4 Å². The molecule has 0 bridgehead atoms.